The second kappa shape index (κ2) is 10.3. The SMILES string of the molecule is CCS(=O)(=O)c1cnc(CNc2nc3cnc(-c4c(C)ncnc4C4CC4)nc3n([C@@H](C)C3CCC3)c2=O)nc1. The lowest BCUT2D eigenvalue weighted by Crippen LogP contribution is -2.34. The van der Waals surface area contributed by atoms with E-state index in [0.29, 0.717) is 34.6 Å². The maximum absolute atomic E-state index is 13.8. The van der Waals surface area contributed by atoms with Crippen LogP contribution in [-0.2, 0) is 16.4 Å². The molecule has 0 spiro atoms. The zero-order chi connectivity index (χ0) is 28.0. The van der Waals surface area contributed by atoms with Gasteiger partial charge in [0, 0.05) is 24.4 Å². The molecule has 4 heterocycles. The lowest BCUT2D eigenvalue weighted by atomic mass is 9.80. The fraction of sp³-hybridized carbons (Fsp3) is 0.481. The molecule has 0 amide bonds. The molecule has 2 aliphatic carbocycles. The maximum atomic E-state index is 13.8. The first-order valence-electron chi connectivity index (χ1n) is 13.7. The zero-order valence-electron chi connectivity index (χ0n) is 22.7. The Morgan fingerprint density at radius 2 is 1.77 bits per heavy atom. The van der Waals surface area contributed by atoms with Gasteiger partial charge < -0.3 is 5.32 Å². The van der Waals surface area contributed by atoms with Gasteiger partial charge in [0.2, 0.25) is 0 Å². The second-order valence-electron chi connectivity index (χ2n) is 10.6. The smallest absolute Gasteiger partial charge is 0.295 e. The summed E-state index contributed by atoms with van der Waals surface area (Å²) >= 11 is 0. The van der Waals surface area contributed by atoms with Gasteiger partial charge in [-0.3, -0.25) is 9.36 Å². The molecule has 4 aromatic rings. The van der Waals surface area contributed by atoms with Crippen LogP contribution in [0.15, 0.2) is 34.6 Å². The molecule has 0 radical (unpaired) electrons. The maximum Gasteiger partial charge on any atom is 0.295 e. The van der Waals surface area contributed by atoms with E-state index in [0.717, 1.165) is 49.1 Å². The number of nitrogens with zero attached hydrogens (tertiary/aromatic N) is 8. The van der Waals surface area contributed by atoms with E-state index in [9.17, 15) is 13.2 Å². The van der Waals surface area contributed by atoms with Crippen LogP contribution in [0.1, 0.15) is 75.1 Å². The van der Waals surface area contributed by atoms with E-state index in [4.69, 9.17) is 4.98 Å². The van der Waals surface area contributed by atoms with Gasteiger partial charge in [-0.05, 0) is 45.4 Å². The molecule has 1 N–H and O–H groups in total. The summed E-state index contributed by atoms with van der Waals surface area (Å²) in [6.45, 7) is 5.65. The molecule has 0 saturated heterocycles. The first-order chi connectivity index (χ1) is 19.3. The molecule has 1 atom stereocenters. The fourth-order valence-electron chi connectivity index (χ4n) is 5.11. The molecule has 4 aromatic heterocycles. The number of hydrogen-bond donors (Lipinski definition) is 1. The Hall–Kier alpha value is -3.87. The molecule has 0 aromatic carbocycles. The van der Waals surface area contributed by atoms with E-state index in [1.165, 1.54) is 12.4 Å². The van der Waals surface area contributed by atoms with Crippen molar-refractivity contribution in [1.29, 1.82) is 0 Å². The monoisotopic (exact) mass is 561 g/mol. The molecule has 2 saturated carbocycles. The Morgan fingerprint density at radius 3 is 2.42 bits per heavy atom. The zero-order valence-corrected chi connectivity index (χ0v) is 23.5. The molecule has 0 aliphatic heterocycles. The highest BCUT2D eigenvalue weighted by atomic mass is 32.2. The first kappa shape index (κ1) is 26.4. The summed E-state index contributed by atoms with van der Waals surface area (Å²) in [5, 5.41) is 3.06. The highest BCUT2D eigenvalue weighted by molar-refractivity contribution is 7.91. The largest absolute Gasteiger partial charge is 0.358 e. The number of rotatable bonds is 9. The predicted molar refractivity (Wildman–Crippen MR) is 148 cm³/mol. The van der Waals surface area contributed by atoms with Crippen molar-refractivity contribution in [2.45, 2.75) is 76.3 Å². The molecule has 12 nitrogen and oxygen atoms in total. The molecule has 208 valence electrons. The number of aromatic nitrogens is 8. The normalized spacial score (nSPS) is 16.6. The van der Waals surface area contributed by atoms with Crippen molar-refractivity contribution < 1.29 is 8.42 Å². The predicted octanol–water partition coefficient (Wildman–Crippen LogP) is 3.39. The third kappa shape index (κ3) is 4.82. The highest BCUT2D eigenvalue weighted by Crippen LogP contribution is 2.43. The van der Waals surface area contributed by atoms with Crippen LogP contribution < -0.4 is 10.9 Å². The second-order valence-corrected chi connectivity index (χ2v) is 12.8. The number of hydrogen-bond acceptors (Lipinski definition) is 11. The van der Waals surface area contributed by atoms with Gasteiger partial charge in [0.15, 0.2) is 27.1 Å². The van der Waals surface area contributed by atoms with Gasteiger partial charge in [-0.1, -0.05) is 13.3 Å². The van der Waals surface area contributed by atoms with E-state index < -0.39 is 9.84 Å². The first-order valence-corrected chi connectivity index (χ1v) is 15.3. The third-order valence-corrected chi connectivity index (χ3v) is 9.65. The Labute approximate surface area is 231 Å². The van der Waals surface area contributed by atoms with Gasteiger partial charge in [0.05, 0.1) is 35.4 Å². The summed E-state index contributed by atoms with van der Waals surface area (Å²) < 4.78 is 25.9. The number of sulfone groups is 1. The van der Waals surface area contributed by atoms with E-state index in [-0.39, 0.29) is 34.6 Å². The van der Waals surface area contributed by atoms with E-state index in [1.54, 1.807) is 24.0 Å². The molecule has 13 heteroatoms. The van der Waals surface area contributed by atoms with Gasteiger partial charge >= 0.3 is 0 Å². The number of anilines is 1. The summed E-state index contributed by atoms with van der Waals surface area (Å²) in [5.74, 6) is 1.70. The number of nitrogens with one attached hydrogen (secondary N) is 1. The quantitative estimate of drug-likeness (QED) is 0.319. The van der Waals surface area contributed by atoms with Crippen LogP contribution in [0.3, 0.4) is 0 Å². The minimum atomic E-state index is -3.40. The lowest BCUT2D eigenvalue weighted by Gasteiger charge is -2.33. The molecular formula is C27H31N9O3S. The summed E-state index contributed by atoms with van der Waals surface area (Å²) in [7, 11) is -3.40. The number of aryl methyl sites for hydroxylation is 1. The van der Waals surface area contributed by atoms with Gasteiger partial charge in [-0.25, -0.2) is 43.3 Å². The van der Waals surface area contributed by atoms with Crippen LogP contribution in [0.2, 0.25) is 0 Å². The molecule has 0 bridgehead atoms. The van der Waals surface area contributed by atoms with Crippen molar-refractivity contribution in [2.24, 2.45) is 5.92 Å². The van der Waals surface area contributed by atoms with Crippen LogP contribution in [0.5, 0.6) is 0 Å². The summed E-state index contributed by atoms with van der Waals surface area (Å²) in [6.07, 6.45) is 11.2. The third-order valence-electron chi connectivity index (χ3n) is 7.96. The van der Waals surface area contributed by atoms with Crippen molar-refractivity contribution >= 4 is 26.8 Å². The standard InChI is InChI=1S/C27H31N9O3S/c1-4-40(38,39)19-10-28-21(29-11-19)13-31-25-27(37)36(16(3)17-6-5-7-17)26-20(34-25)12-30-24(35-26)22-15(2)32-14-33-23(22)18-8-9-18/h10-12,14,16-18H,4-9,13H2,1-3H3,(H,31,34)/t16-/m0/s1. The van der Waals surface area contributed by atoms with Crippen LogP contribution in [0.4, 0.5) is 5.82 Å². The van der Waals surface area contributed by atoms with Crippen molar-refractivity contribution in [3.63, 3.8) is 0 Å². The molecule has 2 aliphatic rings. The molecule has 2 fully saturated rings. The van der Waals surface area contributed by atoms with Crippen LogP contribution in [0, 0.1) is 12.8 Å². The van der Waals surface area contributed by atoms with E-state index >= 15 is 0 Å². The van der Waals surface area contributed by atoms with Crippen molar-refractivity contribution in [2.75, 3.05) is 11.1 Å². The van der Waals surface area contributed by atoms with Gasteiger partial charge in [-0.15, -0.1) is 0 Å². The van der Waals surface area contributed by atoms with Crippen LogP contribution in [0.25, 0.3) is 22.6 Å². The van der Waals surface area contributed by atoms with Crippen molar-refractivity contribution in [3.05, 3.63) is 52.5 Å². The van der Waals surface area contributed by atoms with E-state index in [2.05, 4.69) is 42.1 Å². The van der Waals surface area contributed by atoms with E-state index in [1.807, 2.05) is 6.92 Å². The minimum Gasteiger partial charge on any atom is -0.358 e. The summed E-state index contributed by atoms with van der Waals surface area (Å²) in [6, 6.07) is -0.0825. The van der Waals surface area contributed by atoms with Crippen molar-refractivity contribution in [3.8, 4) is 11.4 Å². The molecule has 6 rings (SSSR count). The Balaban J connectivity index is 1.39. The topological polar surface area (TPSA) is 158 Å². The number of fused-ring (bicyclic) bond motifs is 1. The fourth-order valence-corrected chi connectivity index (χ4v) is 5.87. The van der Waals surface area contributed by atoms with Crippen molar-refractivity contribution in [1.82, 2.24) is 39.5 Å². The Morgan fingerprint density at radius 1 is 1.02 bits per heavy atom. The minimum absolute atomic E-state index is 0.0315. The molecule has 0 unspecified atom stereocenters. The van der Waals surface area contributed by atoms with Gasteiger partial charge in [-0.2, -0.15) is 0 Å². The highest BCUT2D eigenvalue weighted by Gasteiger charge is 2.31. The van der Waals surface area contributed by atoms with Gasteiger partial charge in [0.25, 0.3) is 5.56 Å². The molecule has 40 heavy (non-hydrogen) atoms. The summed E-state index contributed by atoms with van der Waals surface area (Å²) in [5.41, 5.74) is 3.28. The average Bonchev–Trinajstić information content (AvgIpc) is 3.76. The average molecular weight is 562 g/mol. The van der Waals surface area contributed by atoms with Crippen LogP contribution >= 0.6 is 0 Å². The lowest BCUT2D eigenvalue weighted by molar-refractivity contribution is 0.222. The van der Waals surface area contributed by atoms with Crippen LogP contribution in [-0.4, -0.2) is 53.6 Å². The summed E-state index contributed by atoms with van der Waals surface area (Å²) in [4.78, 5) is 45.3. The Kier molecular flexibility index (Phi) is 6.77. The molecular weight excluding hydrogens is 530 g/mol. The van der Waals surface area contributed by atoms with Gasteiger partial charge in [0.1, 0.15) is 22.6 Å². The Bertz CT molecular complexity index is 1750.